The van der Waals surface area contributed by atoms with Gasteiger partial charge in [0.2, 0.25) is 5.91 Å². The zero-order chi connectivity index (χ0) is 16.3. The summed E-state index contributed by atoms with van der Waals surface area (Å²) < 4.78 is 0. The lowest BCUT2D eigenvalue weighted by Crippen LogP contribution is -2.49. The normalized spacial score (nSPS) is 30.0. The smallest absolute Gasteiger partial charge is 0.219 e. The molecule has 0 bridgehead atoms. The van der Waals surface area contributed by atoms with E-state index in [1.54, 1.807) is 6.92 Å². The second kappa shape index (κ2) is 7.30. The van der Waals surface area contributed by atoms with Gasteiger partial charge in [0.15, 0.2) is 0 Å². The molecule has 1 saturated heterocycles. The molecule has 1 amide bonds. The van der Waals surface area contributed by atoms with E-state index in [1.807, 2.05) is 0 Å². The molecule has 0 N–H and O–H groups in total. The van der Waals surface area contributed by atoms with E-state index in [-0.39, 0.29) is 5.91 Å². The largest absolute Gasteiger partial charge is 0.336 e. The van der Waals surface area contributed by atoms with E-state index in [9.17, 15) is 4.79 Å². The zero-order valence-corrected chi connectivity index (χ0v) is 14.9. The minimum atomic E-state index is 0.231. The molecular formula is C20H31NO. The molecule has 2 rings (SSSR count). The van der Waals surface area contributed by atoms with Crippen LogP contribution in [0, 0.1) is 11.8 Å². The number of piperidine rings is 1. The summed E-state index contributed by atoms with van der Waals surface area (Å²) in [6.45, 7) is 11.6. The van der Waals surface area contributed by atoms with Gasteiger partial charge in [-0.25, -0.2) is 0 Å². The first kappa shape index (κ1) is 17.1. The van der Waals surface area contributed by atoms with Crippen molar-refractivity contribution in [3.05, 3.63) is 34.9 Å². The molecule has 2 nitrogen and oxygen atoms in total. The molecule has 1 fully saturated rings. The Balaban J connectivity index is 2.22. The van der Waals surface area contributed by atoms with Gasteiger partial charge in [-0.15, -0.1) is 0 Å². The summed E-state index contributed by atoms with van der Waals surface area (Å²) >= 11 is 0. The van der Waals surface area contributed by atoms with E-state index in [2.05, 4.69) is 50.8 Å². The predicted octanol–water partition coefficient (Wildman–Crippen LogP) is 4.88. The van der Waals surface area contributed by atoms with E-state index in [4.69, 9.17) is 0 Å². The molecule has 0 saturated carbocycles. The van der Waals surface area contributed by atoms with Crippen molar-refractivity contribution in [1.82, 2.24) is 4.90 Å². The van der Waals surface area contributed by atoms with Crippen molar-refractivity contribution in [3.63, 3.8) is 0 Å². The van der Waals surface area contributed by atoms with Gasteiger partial charge < -0.3 is 4.90 Å². The molecule has 3 atom stereocenters. The molecule has 1 heterocycles. The molecule has 0 spiro atoms. The van der Waals surface area contributed by atoms with Gasteiger partial charge in [0.1, 0.15) is 0 Å². The van der Waals surface area contributed by atoms with E-state index in [1.165, 1.54) is 16.7 Å². The Bertz CT molecular complexity index is 512. The Labute approximate surface area is 136 Å². The summed E-state index contributed by atoms with van der Waals surface area (Å²) in [4.78, 5) is 14.0. The molecule has 3 unspecified atom stereocenters. The molecule has 2 heteroatoms. The van der Waals surface area contributed by atoms with Gasteiger partial charge in [-0.3, -0.25) is 4.79 Å². The predicted molar refractivity (Wildman–Crippen MR) is 93.6 cm³/mol. The monoisotopic (exact) mass is 301 g/mol. The van der Waals surface area contributed by atoms with Crippen LogP contribution in [-0.4, -0.2) is 23.4 Å². The number of likely N-dealkylation sites (tertiary alicyclic amines) is 1. The third-order valence-corrected chi connectivity index (χ3v) is 5.34. The number of rotatable bonds is 3. The lowest BCUT2D eigenvalue weighted by atomic mass is 9.73. The van der Waals surface area contributed by atoms with Gasteiger partial charge in [0.05, 0.1) is 6.04 Å². The van der Waals surface area contributed by atoms with Crippen LogP contribution in [0.3, 0.4) is 0 Å². The van der Waals surface area contributed by atoms with Gasteiger partial charge in [-0.1, -0.05) is 48.8 Å². The van der Waals surface area contributed by atoms with E-state index >= 15 is 0 Å². The summed E-state index contributed by atoms with van der Waals surface area (Å²) in [5.74, 6) is 1.32. The van der Waals surface area contributed by atoms with Crippen molar-refractivity contribution in [2.75, 3.05) is 6.54 Å². The first-order valence-corrected chi connectivity index (χ1v) is 8.75. The Morgan fingerprint density at radius 1 is 1.32 bits per heavy atom. The van der Waals surface area contributed by atoms with Gasteiger partial charge in [0, 0.05) is 13.5 Å². The van der Waals surface area contributed by atoms with E-state index in [0.717, 1.165) is 32.2 Å². The summed E-state index contributed by atoms with van der Waals surface area (Å²) in [6, 6.07) is 0.350. The van der Waals surface area contributed by atoms with Crippen LogP contribution in [-0.2, 0) is 4.79 Å². The average molecular weight is 301 g/mol. The number of hydrogen-bond acceptors (Lipinski definition) is 1. The summed E-state index contributed by atoms with van der Waals surface area (Å²) in [5, 5.41) is 0. The van der Waals surface area contributed by atoms with Crippen LogP contribution in [0.15, 0.2) is 34.9 Å². The van der Waals surface area contributed by atoms with Crippen LogP contribution in [0.4, 0.5) is 0 Å². The molecule has 1 aliphatic carbocycles. The fourth-order valence-electron chi connectivity index (χ4n) is 3.84. The molecule has 122 valence electrons. The fourth-order valence-corrected chi connectivity index (χ4v) is 3.84. The quantitative estimate of drug-likeness (QED) is 0.537. The maximum atomic E-state index is 11.9. The van der Waals surface area contributed by atoms with E-state index < -0.39 is 0 Å². The van der Waals surface area contributed by atoms with Crippen molar-refractivity contribution in [2.24, 2.45) is 11.8 Å². The Morgan fingerprint density at radius 3 is 2.68 bits per heavy atom. The van der Waals surface area contributed by atoms with Gasteiger partial charge in [-0.2, -0.15) is 0 Å². The van der Waals surface area contributed by atoms with Crippen LogP contribution in [0.5, 0.6) is 0 Å². The second-order valence-corrected chi connectivity index (χ2v) is 7.10. The number of nitrogens with zero attached hydrogens (tertiary/aromatic N) is 1. The second-order valence-electron chi connectivity index (χ2n) is 7.10. The van der Waals surface area contributed by atoms with Crippen molar-refractivity contribution in [1.29, 1.82) is 0 Å². The minimum Gasteiger partial charge on any atom is -0.336 e. The summed E-state index contributed by atoms with van der Waals surface area (Å²) in [6.07, 6.45) is 11.5. The van der Waals surface area contributed by atoms with Crippen LogP contribution < -0.4 is 0 Å². The van der Waals surface area contributed by atoms with Crippen molar-refractivity contribution in [2.45, 2.75) is 66.3 Å². The Hall–Kier alpha value is -1.31. The number of carbonyl (C=O) groups excluding carboxylic acids is 1. The highest BCUT2D eigenvalue weighted by Gasteiger charge is 2.36. The van der Waals surface area contributed by atoms with Crippen LogP contribution >= 0.6 is 0 Å². The minimum absolute atomic E-state index is 0.231. The van der Waals surface area contributed by atoms with E-state index in [0.29, 0.717) is 17.9 Å². The third kappa shape index (κ3) is 3.71. The molecule has 0 aromatic rings. The van der Waals surface area contributed by atoms with Gasteiger partial charge in [0.25, 0.3) is 0 Å². The highest BCUT2D eigenvalue weighted by atomic mass is 16.2. The molecule has 0 aromatic heterocycles. The number of carbonyl (C=O) groups is 1. The molecular weight excluding hydrogens is 270 g/mol. The molecule has 1 aliphatic heterocycles. The molecule has 0 aromatic carbocycles. The fraction of sp³-hybridized carbons (Fsp3) is 0.650. The third-order valence-electron chi connectivity index (χ3n) is 5.34. The lowest BCUT2D eigenvalue weighted by molar-refractivity contribution is -0.132. The first-order chi connectivity index (χ1) is 10.4. The number of fused-ring (bicyclic) bond motifs is 1. The standard InChI is InChI=1S/C20H31NO/c1-6-14(2)9-10-15(3)19-12-16(4)20-18(13-19)8-7-11-21(20)17(5)22/h9-10,13,16,19-20H,6-8,11-12H2,1-5H3. The average Bonchev–Trinajstić information content (AvgIpc) is 2.51. The first-order valence-electron chi connectivity index (χ1n) is 8.75. The number of hydrogen-bond donors (Lipinski definition) is 0. The topological polar surface area (TPSA) is 20.3 Å². The summed E-state index contributed by atoms with van der Waals surface area (Å²) in [5.41, 5.74) is 4.37. The maximum absolute atomic E-state index is 11.9. The maximum Gasteiger partial charge on any atom is 0.219 e. The van der Waals surface area contributed by atoms with Gasteiger partial charge in [-0.05, 0) is 51.4 Å². The highest BCUT2D eigenvalue weighted by Crippen LogP contribution is 2.39. The lowest BCUT2D eigenvalue weighted by Gasteiger charge is -2.44. The van der Waals surface area contributed by atoms with Crippen LogP contribution in [0.2, 0.25) is 0 Å². The summed E-state index contributed by atoms with van der Waals surface area (Å²) in [7, 11) is 0. The molecule has 0 radical (unpaired) electrons. The number of allylic oxidation sites excluding steroid dienone is 5. The van der Waals surface area contributed by atoms with Crippen molar-refractivity contribution >= 4 is 5.91 Å². The van der Waals surface area contributed by atoms with Crippen molar-refractivity contribution in [3.8, 4) is 0 Å². The van der Waals surface area contributed by atoms with Crippen LogP contribution in [0.1, 0.15) is 60.3 Å². The Kier molecular flexibility index (Phi) is 5.66. The zero-order valence-electron chi connectivity index (χ0n) is 14.9. The SMILES string of the molecule is CCC(C)=CC=C(C)C1C=C2CCCN(C(C)=O)C2C(C)C1. The molecule has 2 aliphatic rings. The Morgan fingerprint density at radius 2 is 2.05 bits per heavy atom. The van der Waals surface area contributed by atoms with Crippen LogP contribution in [0.25, 0.3) is 0 Å². The van der Waals surface area contributed by atoms with Crippen molar-refractivity contribution < 1.29 is 4.79 Å². The molecule has 22 heavy (non-hydrogen) atoms. The van der Waals surface area contributed by atoms with Gasteiger partial charge >= 0.3 is 0 Å². The highest BCUT2D eigenvalue weighted by molar-refractivity contribution is 5.74. The number of amides is 1.